The number of hydrogen-bond donors (Lipinski definition) is 2. The lowest BCUT2D eigenvalue weighted by atomic mass is 9.74. The molecule has 0 aliphatic rings. The highest BCUT2D eigenvalue weighted by Gasteiger charge is 2.43. The molecule has 0 spiro atoms. The van der Waals surface area contributed by atoms with Crippen LogP contribution in [0.15, 0.2) is 18.2 Å². The summed E-state index contributed by atoms with van der Waals surface area (Å²) >= 11 is 12.0. The molecule has 106 valence electrons. The maximum absolute atomic E-state index is 11.3. The molecule has 0 unspecified atom stereocenters. The van der Waals surface area contributed by atoms with Crippen LogP contribution < -0.4 is 5.32 Å². The summed E-state index contributed by atoms with van der Waals surface area (Å²) in [4.78, 5) is 11.3. The van der Waals surface area contributed by atoms with Crippen molar-refractivity contribution in [3.63, 3.8) is 0 Å². The predicted molar refractivity (Wildman–Crippen MR) is 78.8 cm³/mol. The molecule has 2 N–H and O–H groups in total. The predicted octanol–water partition coefficient (Wildman–Crippen LogP) is 3.97. The lowest BCUT2D eigenvalue weighted by molar-refractivity contribution is -0.151. The van der Waals surface area contributed by atoms with E-state index in [0.717, 1.165) is 5.56 Å². The fraction of sp³-hybridized carbons (Fsp3) is 0.500. The van der Waals surface area contributed by atoms with E-state index in [1.165, 1.54) is 0 Å². The van der Waals surface area contributed by atoms with Crippen LogP contribution in [0.25, 0.3) is 0 Å². The van der Waals surface area contributed by atoms with E-state index in [1.54, 1.807) is 32.0 Å². The first kappa shape index (κ1) is 16.3. The number of benzene rings is 1. The van der Waals surface area contributed by atoms with Crippen LogP contribution in [0.5, 0.6) is 0 Å². The lowest BCUT2D eigenvalue weighted by Gasteiger charge is -2.39. The first-order valence-corrected chi connectivity index (χ1v) is 6.76. The quantitative estimate of drug-likeness (QED) is 0.865. The fourth-order valence-corrected chi connectivity index (χ4v) is 1.86. The molecule has 0 aliphatic carbocycles. The number of rotatable bonds is 5. The Bertz CT molecular complexity index is 484. The zero-order chi connectivity index (χ0) is 14.8. The monoisotopic (exact) mass is 303 g/mol. The second-order valence-corrected chi connectivity index (χ2v) is 6.49. The average molecular weight is 304 g/mol. The number of carbonyl (C=O) groups is 1. The topological polar surface area (TPSA) is 49.3 Å². The van der Waals surface area contributed by atoms with E-state index >= 15 is 0 Å². The molecule has 1 aromatic rings. The molecule has 0 saturated heterocycles. The van der Waals surface area contributed by atoms with Crippen LogP contribution in [0.2, 0.25) is 10.0 Å². The van der Waals surface area contributed by atoms with Crippen LogP contribution in [-0.2, 0) is 11.3 Å². The summed E-state index contributed by atoms with van der Waals surface area (Å²) in [5.41, 5.74) is -0.647. The smallest absolute Gasteiger partial charge is 0.310 e. The van der Waals surface area contributed by atoms with Crippen molar-refractivity contribution in [2.45, 2.75) is 39.8 Å². The van der Waals surface area contributed by atoms with Crippen LogP contribution in [-0.4, -0.2) is 16.6 Å². The zero-order valence-electron chi connectivity index (χ0n) is 11.6. The third-order valence-electron chi connectivity index (χ3n) is 3.83. The van der Waals surface area contributed by atoms with Crippen molar-refractivity contribution < 1.29 is 9.90 Å². The molecule has 0 heterocycles. The Morgan fingerprint density at radius 2 is 1.84 bits per heavy atom. The number of carboxylic acids is 1. The molecule has 0 amide bonds. The van der Waals surface area contributed by atoms with E-state index in [2.05, 4.69) is 5.32 Å². The summed E-state index contributed by atoms with van der Waals surface area (Å²) in [5, 5.41) is 13.7. The Labute approximate surface area is 123 Å². The van der Waals surface area contributed by atoms with E-state index < -0.39 is 16.9 Å². The molecule has 0 aromatic heterocycles. The van der Waals surface area contributed by atoms with Gasteiger partial charge < -0.3 is 10.4 Å². The second kappa shape index (κ2) is 5.70. The number of carboxylic acid groups (broad SMARTS) is 1. The second-order valence-electron chi connectivity index (χ2n) is 5.64. The minimum absolute atomic E-state index is 0.461. The molecule has 0 atom stereocenters. The molecule has 0 saturated carbocycles. The Morgan fingerprint density at radius 3 is 2.37 bits per heavy atom. The SMILES string of the molecule is CC(C)(NCc1cc(Cl)ccc1Cl)C(C)(C)C(=O)O. The van der Waals surface area contributed by atoms with Crippen molar-refractivity contribution in [3.8, 4) is 0 Å². The van der Waals surface area contributed by atoms with Gasteiger partial charge in [0.25, 0.3) is 0 Å². The first-order chi connectivity index (χ1) is 8.58. The molecular formula is C14H19Cl2NO2. The molecular weight excluding hydrogens is 285 g/mol. The molecule has 1 rings (SSSR count). The molecule has 0 aliphatic heterocycles. The van der Waals surface area contributed by atoms with Crippen molar-refractivity contribution in [1.82, 2.24) is 5.32 Å². The van der Waals surface area contributed by atoms with Crippen molar-refractivity contribution in [1.29, 1.82) is 0 Å². The van der Waals surface area contributed by atoms with Crippen molar-refractivity contribution >= 4 is 29.2 Å². The minimum atomic E-state index is -0.905. The van der Waals surface area contributed by atoms with E-state index in [0.29, 0.717) is 16.6 Å². The Balaban J connectivity index is 2.86. The largest absolute Gasteiger partial charge is 0.481 e. The van der Waals surface area contributed by atoms with Gasteiger partial charge >= 0.3 is 5.97 Å². The van der Waals surface area contributed by atoms with Gasteiger partial charge in [0.1, 0.15) is 0 Å². The molecule has 3 nitrogen and oxygen atoms in total. The fourth-order valence-electron chi connectivity index (χ4n) is 1.48. The van der Waals surface area contributed by atoms with Crippen LogP contribution in [0, 0.1) is 5.41 Å². The highest BCUT2D eigenvalue weighted by atomic mass is 35.5. The maximum atomic E-state index is 11.3. The molecule has 5 heteroatoms. The number of halogens is 2. The van der Waals surface area contributed by atoms with Gasteiger partial charge in [0.05, 0.1) is 5.41 Å². The lowest BCUT2D eigenvalue weighted by Crippen LogP contribution is -2.54. The first-order valence-electron chi connectivity index (χ1n) is 6.00. The molecule has 0 radical (unpaired) electrons. The molecule has 0 bridgehead atoms. The average Bonchev–Trinajstić information content (AvgIpc) is 2.30. The summed E-state index contributed by atoms with van der Waals surface area (Å²) in [7, 11) is 0. The van der Waals surface area contributed by atoms with Crippen LogP contribution >= 0.6 is 23.2 Å². The van der Waals surface area contributed by atoms with Crippen LogP contribution in [0.1, 0.15) is 33.3 Å². The standard InChI is InChI=1S/C14H19Cl2NO2/c1-13(2,12(18)19)14(3,4)17-8-9-7-10(15)5-6-11(9)16/h5-7,17H,8H2,1-4H3,(H,18,19). The number of aliphatic carboxylic acids is 1. The number of nitrogens with one attached hydrogen (secondary N) is 1. The van der Waals surface area contributed by atoms with Crippen molar-refractivity contribution in [2.24, 2.45) is 5.41 Å². The summed E-state index contributed by atoms with van der Waals surface area (Å²) < 4.78 is 0. The molecule has 1 aromatic carbocycles. The summed E-state index contributed by atoms with van der Waals surface area (Å²) in [6.45, 7) is 7.58. The molecule has 0 fully saturated rings. The third kappa shape index (κ3) is 3.62. The van der Waals surface area contributed by atoms with Gasteiger partial charge in [-0.1, -0.05) is 23.2 Å². The van der Waals surface area contributed by atoms with Gasteiger partial charge in [-0.25, -0.2) is 0 Å². The van der Waals surface area contributed by atoms with Gasteiger partial charge in [-0.15, -0.1) is 0 Å². The third-order valence-corrected chi connectivity index (χ3v) is 4.43. The summed E-state index contributed by atoms with van der Waals surface area (Å²) in [6, 6.07) is 5.23. The van der Waals surface area contributed by atoms with Gasteiger partial charge in [0.2, 0.25) is 0 Å². The highest BCUT2D eigenvalue weighted by molar-refractivity contribution is 6.33. The van der Waals surface area contributed by atoms with Gasteiger partial charge in [-0.2, -0.15) is 0 Å². The van der Waals surface area contributed by atoms with Gasteiger partial charge in [0, 0.05) is 22.1 Å². The Kier molecular flexibility index (Phi) is 4.88. The van der Waals surface area contributed by atoms with E-state index in [9.17, 15) is 9.90 Å². The van der Waals surface area contributed by atoms with E-state index in [-0.39, 0.29) is 0 Å². The normalized spacial score (nSPS) is 12.5. The van der Waals surface area contributed by atoms with Crippen LogP contribution in [0.3, 0.4) is 0 Å². The Hall–Kier alpha value is -0.770. The summed E-state index contributed by atoms with van der Waals surface area (Å²) in [5.74, 6) is -0.845. The van der Waals surface area contributed by atoms with Crippen molar-refractivity contribution in [3.05, 3.63) is 33.8 Å². The number of hydrogen-bond acceptors (Lipinski definition) is 2. The zero-order valence-corrected chi connectivity index (χ0v) is 13.1. The van der Waals surface area contributed by atoms with E-state index in [4.69, 9.17) is 23.2 Å². The van der Waals surface area contributed by atoms with Gasteiger partial charge in [0.15, 0.2) is 0 Å². The summed E-state index contributed by atoms with van der Waals surface area (Å²) in [6.07, 6.45) is 0. The maximum Gasteiger partial charge on any atom is 0.310 e. The van der Waals surface area contributed by atoms with Gasteiger partial charge in [-0.3, -0.25) is 4.79 Å². The minimum Gasteiger partial charge on any atom is -0.481 e. The Morgan fingerprint density at radius 1 is 1.26 bits per heavy atom. The molecule has 19 heavy (non-hydrogen) atoms. The van der Waals surface area contributed by atoms with Crippen molar-refractivity contribution in [2.75, 3.05) is 0 Å². The highest BCUT2D eigenvalue weighted by Crippen LogP contribution is 2.31. The van der Waals surface area contributed by atoms with E-state index in [1.807, 2.05) is 13.8 Å². The van der Waals surface area contributed by atoms with Gasteiger partial charge in [-0.05, 0) is 51.5 Å². The van der Waals surface area contributed by atoms with Crippen LogP contribution in [0.4, 0.5) is 0 Å².